The highest BCUT2D eigenvalue weighted by molar-refractivity contribution is 7.99. The molecule has 2 heterocycles. The van der Waals surface area contributed by atoms with Gasteiger partial charge in [0.15, 0.2) is 11.4 Å². The van der Waals surface area contributed by atoms with Crippen LogP contribution in [0.2, 0.25) is 0 Å². The van der Waals surface area contributed by atoms with E-state index in [9.17, 15) is 4.79 Å². The van der Waals surface area contributed by atoms with Crippen LogP contribution in [-0.2, 0) is 11.3 Å². The third kappa shape index (κ3) is 3.40. The summed E-state index contributed by atoms with van der Waals surface area (Å²) in [7, 11) is 0. The Kier molecular flexibility index (Phi) is 3.87. The molecule has 1 aromatic carbocycles. The number of amides is 1. The second-order valence-electron chi connectivity index (χ2n) is 4.25. The van der Waals surface area contributed by atoms with Crippen molar-refractivity contribution in [1.82, 2.24) is 20.4 Å². The molecule has 0 atom stereocenters. The predicted molar refractivity (Wildman–Crippen MR) is 75.6 cm³/mol. The van der Waals surface area contributed by atoms with E-state index in [0.29, 0.717) is 22.5 Å². The number of thioether (sulfide) groups is 1. The van der Waals surface area contributed by atoms with E-state index in [0.717, 1.165) is 5.52 Å². The molecule has 0 aliphatic heterocycles. The van der Waals surface area contributed by atoms with Crippen LogP contribution in [0.3, 0.4) is 0 Å². The molecule has 2 aromatic heterocycles. The molecule has 7 nitrogen and oxygen atoms in total. The summed E-state index contributed by atoms with van der Waals surface area (Å²) in [6.07, 6.45) is 0. The average molecular weight is 304 g/mol. The number of aryl methyl sites for hydroxylation is 1. The molecular formula is C13H12N4O3S. The van der Waals surface area contributed by atoms with E-state index < -0.39 is 0 Å². The molecule has 8 heteroatoms. The van der Waals surface area contributed by atoms with E-state index >= 15 is 0 Å². The lowest BCUT2D eigenvalue weighted by atomic mass is 10.3. The van der Waals surface area contributed by atoms with Crippen molar-refractivity contribution >= 4 is 28.8 Å². The molecule has 0 aliphatic carbocycles. The van der Waals surface area contributed by atoms with Gasteiger partial charge in [-0.05, 0) is 19.1 Å². The lowest BCUT2D eigenvalue weighted by molar-refractivity contribution is -0.118. The number of oxazole rings is 1. The first-order valence-corrected chi connectivity index (χ1v) is 7.23. The molecule has 21 heavy (non-hydrogen) atoms. The minimum absolute atomic E-state index is 0.155. The van der Waals surface area contributed by atoms with Gasteiger partial charge in [0, 0.05) is 0 Å². The molecule has 0 bridgehead atoms. The summed E-state index contributed by atoms with van der Waals surface area (Å²) in [5, 5.41) is 6.81. The minimum atomic E-state index is -0.155. The SMILES string of the molecule is Cc1noc(CNC(=O)CSc2nc3ccccc3o2)n1. The molecule has 108 valence electrons. The van der Waals surface area contributed by atoms with E-state index in [2.05, 4.69) is 20.4 Å². The number of carbonyl (C=O) groups excluding carboxylic acids is 1. The van der Waals surface area contributed by atoms with Crippen molar-refractivity contribution in [3.05, 3.63) is 36.0 Å². The highest BCUT2D eigenvalue weighted by Gasteiger charge is 2.10. The lowest BCUT2D eigenvalue weighted by Gasteiger charge is -1.99. The number of para-hydroxylation sites is 2. The van der Waals surface area contributed by atoms with Crippen LogP contribution in [0, 0.1) is 6.92 Å². The zero-order valence-electron chi connectivity index (χ0n) is 11.2. The second kappa shape index (κ2) is 5.96. The Hall–Kier alpha value is -2.35. The quantitative estimate of drug-likeness (QED) is 0.720. The van der Waals surface area contributed by atoms with Gasteiger partial charge in [0.1, 0.15) is 5.52 Å². The third-order valence-electron chi connectivity index (χ3n) is 2.61. The Bertz CT molecular complexity index is 734. The second-order valence-corrected chi connectivity index (χ2v) is 5.17. The third-order valence-corrected chi connectivity index (χ3v) is 3.44. The van der Waals surface area contributed by atoms with Crippen LogP contribution in [0.5, 0.6) is 0 Å². The number of nitrogens with zero attached hydrogens (tertiary/aromatic N) is 3. The normalized spacial score (nSPS) is 10.9. The summed E-state index contributed by atoms with van der Waals surface area (Å²) >= 11 is 1.24. The Morgan fingerprint density at radius 1 is 1.33 bits per heavy atom. The molecule has 0 saturated carbocycles. The largest absolute Gasteiger partial charge is 0.431 e. The Labute approximate surface area is 124 Å². The van der Waals surface area contributed by atoms with Crippen molar-refractivity contribution in [2.24, 2.45) is 0 Å². The maximum Gasteiger partial charge on any atom is 0.257 e. The van der Waals surface area contributed by atoms with Gasteiger partial charge in [0.25, 0.3) is 5.22 Å². The predicted octanol–water partition coefficient (Wildman–Crippen LogP) is 1.93. The van der Waals surface area contributed by atoms with E-state index in [1.54, 1.807) is 6.92 Å². The maximum atomic E-state index is 11.7. The van der Waals surface area contributed by atoms with E-state index in [4.69, 9.17) is 8.94 Å². The van der Waals surface area contributed by atoms with Gasteiger partial charge < -0.3 is 14.3 Å². The molecule has 0 saturated heterocycles. The van der Waals surface area contributed by atoms with Gasteiger partial charge in [-0.2, -0.15) is 4.98 Å². The number of hydrogen-bond acceptors (Lipinski definition) is 7. The van der Waals surface area contributed by atoms with Gasteiger partial charge in [-0.25, -0.2) is 4.98 Å². The highest BCUT2D eigenvalue weighted by Crippen LogP contribution is 2.22. The first-order valence-electron chi connectivity index (χ1n) is 6.25. The van der Waals surface area contributed by atoms with Crippen molar-refractivity contribution in [3.63, 3.8) is 0 Å². The summed E-state index contributed by atoms with van der Waals surface area (Å²) in [5.41, 5.74) is 1.49. The van der Waals surface area contributed by atoms with Crippen LogP contribution < -0.4 is 5.32 Å². The minimum Gasteiger partial charge on any atom is -0.431 e. The van der Waals surface area contributed by atoms with Gasteiger partial charge >= 0.3 is 0 Å². The van der Waals surface area contributed by atoms with E-state index in [1.807, 2.05) is 24.3 Å². The molecule has 0 unspecified atom stereocenters. The highest BCUT2D eigenvalue weighted by atomic mass is 32.2. The number of carbonyl (C=O) groups is 1. The monoisotopic (exact) mass is 304 g/mol. The van der Waals surface area contributed by atoms with Crippen molar-refractivity contribution < 1.29 is 13.7 Å². The van der Waals surface area contributed by atoms with Crippen LogP contribution in [-0.4, -0.2) is 26.8 Å². The van der Waals surface area contributed by atoms with Crippen LogP contribution in [0.25, 0.3) is 11.1 Å². The van der Waals surface area contributed by atoms with E-state index in [-0.39, 0.29) is 18.2 Å². The van der Waals surface area contributed by atoms with Crippen molar-refractivity contribution in [2.45, 2.75) is 18.7 Å². The summed E-state index contributed by atoms with van der Waals surface area (Å²) in [6, 6.07) is 7.46. The van der Waals surface area contributed by atoms with Gasteiger partial charge in [-0.3, -0.25) is 4.79 Å². The molecule has 1 N–H and O–H groups in total. The maximum absolute atomic E-state index is 11.7. The number of benzene rings is 1. The fourth-order valence-corrected chi connectivity index (χ4v) is 2.35. The van der Waals surface area contributed by atoms with Gasteiger partial charge in [-0.1, -0.05) is 29.1 Å². The molecule has 0 aliphatic rings. The smallest absolute Gasteiger partial charge is 0.257 e. The molecule has 0 spiro atoms. The fraction of sp³-hybridized carbons (Fsp3) is 0.231. The molecule has 1 amide bonds. The van der Waals surface area contributed by atoms with Crippen LogP contribution in [0.1, 0.15) is 11.7 Å². The topological polar surface area (TPSA) is 94.1 Å². The van der Waals surface area contributed by atoms with Crippen LogP contribution >= 0.6 is 11.8 Å². The number of nitrogens with one attached hydrogen (secondary N) is 1. The summed E-state index contributed by atoms with van der Waals surface area (Å²) in [6.45, 7) is 1.94. The Morgan fingerprint density at radius 3 is 2.95 bits per heavy atom. The van der Waals surface area contributed by atoms with Crippen molar-refractivity contribution in [3.8, 4) is 0 Å². The molecule has 0 fully saturated rings. The Morgan fingerprint density at radius 2 is 2.19 bits per heavy atom. The zero-order chi connectivity index (χ0) is 14.7. The Balaban J connectivity index is 1.51. The summed E-state index contributed by atoms with van der Waals surface area (Å²) in [5.74, 6) is 0.978. The zero-order valence-corrected chi connectivity index (χ0v) is 12.0. The molecular weight excluding hydrogens is 292 g/mol. The number of aromatic nitrogens is 3. The van der Waals surface area contributed by atoms with Gasteiger partial charge in [-0.15, -0.1) is 0 Å². The molecule has 0 radical (unpaired) electrons. The van der Waals surface area contributed by atoms with Crippen molar-refractivity contribution in [2.75, 3.05) is 5.75 Å². The van der Waals surface area contributed by atoms with E-state index in [1.165, 1.54) is 11.8 Å². The molecule has 3 aromatic rings. The van der Waals surface area contributed by atoms with Crippen molar-refractivity contribution in [1.29, 1.82) is 0 Å². The van der Waals surface area contributed by atoms with Crippen LogP contribution in [0.4, 0.5) is 0 Å². The number of fused-ring (bicyclic) bond motifs is 1. The number of hydrogen-bond donors (Lipinski definition) is 1. The van der Waals surface area contributed by atoms with Gasteiger partial charge in [0.2, 0.25) is 11.8 Å². The number of rotatable bonds is 5. The lowest BCUT2D eigenvalue weighted by Crippen LogP contribution is -2.24. The summed E-state index contributed by atoms with van der Waals surface area (Å²) in [4.78, 5) is 20.0. The first-order chi connectivity index (χ1) is 10.2. The van der Waals surface area contributed by atoms with Crippen LogP contribution in [0.15, 0.2) is 38.4 Å². The average Bonchev–Trinajstić information content (AvgIpc) is 3.08. The first kappa shape index (κ1) is 13.6. The fourth-order valence-electron chi connectivity index (χ4n) is 1.68. The standard InChI is InChI=1S/C13H12N4O3S/c1-8-15-12(20-17-8)6-14-11(18)7-21-13-16-9-4-2-3-5-10(9)19-13/h2-5H,6-7H2,1H3,(H,14,18). The van der Waals surface area contributed by atoms with Gasteiger partial charge in [0.05, 0.1) is 12.3 Å². The summed E-state index contributed by atoms with van der Waals surface area (Å²) < 4.78 is 10.4. The molecule has 3 rings (SSSR count).